The first-order valence-corrected chi connectivity index (χ1v) is 6.92. The van der Waals surface area contributed by atoms with Gasteiger partial charge in [-0.15, -0.1) is 0 Å². The first-order chi connectivity index (χ1) is 8.81. The minimum Gasteiger partial charge on any atom is -0.385 e. The number of benzene rings is 1. The zero-order valence-electron chi connectivity index (χ0n) is 10.9. The van der Waals surface area contributed by atoms with Crippen molar-refractivity contribution in [1.82, 2.24) is 5.32 Å². The highest BCUT2D eigenvalue weighted by Crippen LogP contribution is 2.25. The van der Waals surface area contributed by atoms with Crippen LogP contribution in [0.5, 0.6) is 0 Å². The van der Waals surface area contributed by atoms with Crippen molar-refractivity contribution in [3.8, 4) is 0 Å². The van der Waals surface area contributed by atoms with Crippen LogP contribution in [-0.4, -0.2) is 39.9 Å². The average molecular weight is 269 g/mol. The molecule has 0 aliphatic carbocycles. The molecular weight excluding hydrogens is 248 g/mol. The van der Waals surface area contributed by atoms with E-state index in [4.69, 9.17) is 16.3 Å². The van der Waals surface area contributed by atoms with Crippen molar-refractivity contribution in [3.63, 3.8) is 0 Å². The summed E-state index contributed by atoms with van der Waals surface area (Å²) in [5.41, 5.74) is 2.45. The number of aryl methyl sites for hydroxylation is 1. The summed E-state index contributed by atoms with van der Waals surface area (Å²) in [5, 5.41) is 4.23. The van der Waals surface area contributed by atoms with Gasteiger partial charge in [-0.05, 0) is 30.5 Å². The first kappa shape index (κ1) is 13.7. The Hall–Kier alpha value is -0.770. The Labute approximate surface area is 114 Å². The van der Waals surface area contributed by atoms with Gasteiger partial charge < -0.3 is 15.0 Å². The molecule has 4 heteroatoms. The van der Waals surface area contributed by atoms with Gasteiger partial charge in [-0.2, -0.15) is 0 Å². The van der Waals surface area contributed by atoms with Crippen molar-refractivity contribution in [1.29, 1.82) is 0 Å². The summed E-state index contributed by atoms with van der Waals surface area (Å²) in [6, 6.07) is 6.42. The molecule has 1 N–H and O–H groups in total. The van der Waals surface area contributed by atoms with E-state index in [0.29, 0.717) is 0 Å². The Bertz CT molecular complexity index is 378. The lowest BCUT2D eigenvalue weighted by molar-refractivity contribution is 0.195. The highest BCUT2D eigenvalue weighted by molar-refractivity contribution is 6.31. The maximum Gasteiger partial charge on any atom is 0.0465 e. The van der Waals surface area contributed by atoms with Crippen LogP contribution >= 0.6 is 11.6 Å². The minimum absolute atomic E-state index is 0.788. The molecule has 0 spiro atoms. The maximum atomic E-state index is 6.34. The Morgan fingerprint density at radius 3 is 2.78 bits per heavy atom. The lowest BCUT2D eigenvalue weighted by Gasteiger charge is -2.29. The summed E-state index contributed by atoms with van der Waals surface area (Å²) in [6.07, 6.45) is 2.00. The predicted molar refractivity (Wildman–Crippen MR) is 76.7 cm³/mol. The van der Waals surface area contributed by atoms with Crippen molar-refractivity contribution in [2.75, 3.05) is 44.8 Å². The number of methoxy groups -OCH3 is 1. The number of halogens is 1. The van der Waals surface area contributed by atoms with Gasteiger partial charge in [0.2, 0.25) is 0 Å². The Morgan fingerprint density at radius 1 is 1.33 bits per heavy atom. The van der Waals surface area contributed by atoms with E-state index < -0.39 is 0 Å². The van der Waals surface area contributed by atoms with E-state index in [0.717, 1.165) is 50.7 Å². The molecule has 1 saturated heterocycles. The van der Waals surface area contributed by atoms with Crippen LogP contribution in [0.25, 0.3) is 0 Å². The van der Waals surface area contributed by atoms with E-state index in [-0.39, 0.29) is 0 Å². The fourth-order valence-electron chi connectivity index (χ4n) is 2.27. The molecule has 1 fully saturated rings. The van der Waals surface area contributed by atoms with Gasteiger partial charge in [-0.25, -0.2) is 0 Å². The molecule has 1 aliphatic heterocycles. The first-order valence-electron chi connectivity index (χ1n) is 6.54. The molecule has 0 bridgehead atoms. The topological polar surface area (TPSA) is 24.5 Å². The third-order valence-electron chi connectivity index (χ3n) is 3.31. The van der Waals surface area contributed by atoms with Gasteiger partial charge >= 0.3 is 0 Å². The van der Waals surface area contributed by atoms with Gasteiger partial charge in [0.15, 0.2) is 0 Å². The van der Waals surface area contributed by atoms with E-state index in [1.54, 1.807) is 7.11 Å². The number of anilines is 1. The van der Waals surface area contributed by atoms with Crippen LogP contribution in [0.1, 0.15) is 12.0 Å². The average Bonchev–Trinajstić information content (AvgIpc) is 2.42. The van der Waals surface area contributed by atoms with E-state index in [9.17, 15) is 0 Å². The molecule has 0 amide bonds. The van der Waals surface area contributed by atoms with Crippen LogP contribution in [0.4, 0.5) is 5.69 Å². The largest absolute Gasteiger partial charge is 0.385 e. The molecule has 100 valence electrons. The molecule has 18 heavy (non-hydrogen) atoms. The molecule has 1 aromatic carbocycles. The highest BCUT2D eigenvalue weighted by atomic mass is 35.5. The third kappa shape index (κ3) is 3.61. The quantitative estimate of drug-likeness (QED) is 0.830. The molecular formula is C14H21ClN2O. The van der Waals surface area contributed by atoms with Crippen LogP contribution < -0.4 is 10.2 Å². The van der Waals surface area contributed by atoms with Crippen LogP contribution in [-0.2, 0) is 11.2 Å². The third-order valence-corrected chi connectivity index (χ3v) is 3.67. The Balaban J connectivity index is 1.99. The number of hydrogen-bond donors (Lipinski definition) is 1. The van der Waals surface area contributed by atoms with Gasteiger partial charge in [0.1, 0.15) is 0 Å². The fraction of sp³-hybridized carbons (Fsp3) is 0.571. The monoisotopic (exact) mass is 268 g/mol. The zero-order valence-corrected chi connectivity index (χ0v) is 11.7. The Morgan fingerprint density at radius 2 is 2.11 bits per heavy atom. The van der Waals surface area contributed by atoms with Crippen molar-refractivity contribution >= 4 is 17.3 Å². The van der Waals surface area contributed by atoms with Crippen molar-refractivity contribution in [3.05, 3.63) is 28.8 Å². The predicted octanol–water partition coefficient (Wildman–Crippen LogP) is 2.33. The molecule has 0 atom stereocenters. The standard InChI is InChI=1S/C14H21ClN2O/c1-18-10-2-3-12-4-5-13(11-14(12)15)17-8-6-16-7-9-17/h4-5,11,16H,2-3,6-10H2,1H3. The second-order valence-electron chi connectivity index (χ2n) is 4.61. The Kier molecular flexibility index (Phi) is 5.29. The van der Waals surface area contributed by atoms with Gasteiger partial charge in [0.05, 0.1) is 0 Å². The SMILES string of the molecule is COCCCc1ccc(N2CCNCC2)cc1Cl. The smallest absolute Gasteiger partial charge is 0.0465 e. The molecule has 0 radical (unpaired) electrons. The number of nitrogens with zero attached hydrogens (tertiary/aromatic N) is 1. The minimum atomic E-state index is 0.788. The van der Waals surface area contributed by atoms with Crippen molar-refractivity contribution in [2.45, 2.75) is 12.8 Å². The molecule has 0 unspecified atom stereocenters. The maximum absolute atomic E-state index is 6.34. The summed E-state index contributed by atoms with van der Waals surface area (Å²) < 4.78 is 5.06. The second-order valence-corrected chi connectivity index (χ2v) is 5.02. The second kappa shape index (κ2) is 6.98. The van der Waals surface area contributed by atoms with E-state index in [2.05, 4.69) is 28.4 Å². The van der Waals surface area contributed by atoms with Crippen molar-refractivity contribution < 1.29 is 4.74 Å². The van der Waals surface area contributed by atoms with Crippen LogP contribution in [0.3, 0.4) is 0 Å². The van der Waals surface area contributed by atoms with E-state index >= 15 is 0 Å². The number of piperazine rings is 1. The summed E-state index contributed by atoms with van der Waals surface area (Å²) >= 11 is 6.34. The van der Waals surface area contributed by atoms with E-state index in [1.807, 2.05) is 0 Å². The van der Waals surface area contributed by atoms with Gasteiger partial charge in [0.25, 0.3) is 0 Å². The summed E-state index contributed by atoms with van der Waals surface area (Å²) in [5.74, 6) is 0. The summed E-state index contributed by atoms with van der Waals surface area (Å²) in [6.45, 7) is 5.00. The molecule has 1 aromatic rings. The van der Waals surface area contributed by atoms with Crippen LogP contribution in [0.2, 0.25) is 5.02 Å². The van der Waals surface area contributed by atoms with Gasteiger partial charge in [0, 0.05) is 50.6 Å². The number of ether oxygens (including phenoxy) is 1. The number of rotatable bonds is 5. The molecule has 1 aliphatic rings. The highest BCUT2D eigenvalue weighted by Gasteiger charge is 2.11. The molecule has 0 saturated carbocycles. The molecule has 3 nitrogen and oxygen atoms in total. The lowest BCUT2D eigenvalue weighted by Crippen LogP contribution is -2.43. The lowest BCUT2D eigenvalue weighted by atomic mass is 10.1. The molecule has 2 rings (SSSR count). The van der Waals surface area contributed by atoms with Gasteiger partial charge in [-0.1, -0.05) is 17.7 Å². The fourth-order valence-corrected chi connectivity index (χ4v) is 2.53. The zero-order chi connectivity index (χ0) is 12.8. The normalized spacial score (nSPS) is 16.0. The summed E-state index contributed by atoms with van der Waals surface area (Å²) in [4.78, 5) is 2.38. The van der Waals surface area contributed by atoms with Crippen molar-refractivity contribution in [2.24, 2.45) is 0 Å². The number of nitrogens with one attached hydrogen (secondary N) is 1. The number of hydrogen-bond acceptors (Lipinski definition) is 3. The molecule has 0 aromatic heterocycles. The molecule has 1 heterocycles. The van der Waals surface area contributed by atoms with Crippen LogP contribution in [0.15, 0.2) is 18.2 Å². The van der Waals surface area contributed by atoms with Crippen LogP contribution in [0, 0.1) is 0 Å². The summed E-state index contributed by atoms with van der Waals surface area (Å²) in [7, 11) is 1.73. The van der Waals surface area contributed by atoms with E-state index in [1.165, 1.54) is 11.3 Å². The van der Waals surface area contributed by atoms with Gasteiger partial charge in [-0.3, -0.25) is 0 Å².